The van der Waals surface area contributed by atoms with E-state index in [-0.39, 0.29) is 18.2 Å². The van der Waals surface area contributed by atoms with E-state index >= 15 is 0 Å². The highest BCUT2D eigenvalue weighted by Gasteiger charge is 2.32. The van der Waals surface area contributed by atoms with Crippen LogP contribution >= 0.6 is 0 Å². The van der Waals surface area contributed by atoms with Crippen molar-refractivity contribution in [3.8, 4) is 0 Å². The van der Waals surface area contributed by atoms with E-state index in [1.165, 1.54) is 0 Å². The molecule has 1 heterocycles. The van der Waals surface area contributed by atoms with Gasteiger partial charge in [0.25, 0.3) is 0 Å². The van der Waals surface area contributed by atoms with Crippen molar-refractivity contribution in [2.45, 2.75) is 29.4 Å². The number of nitrogens with two attached hydrogens (primary N) is 1. The monoisotopic (exact) mass is 359 g/mol. The standard InChI is InChI=1S/C18H21N3O3S/c19-17(20)12-18(22)21-9-7-15(8-10-21)25(23,24)16-6-5-13-3-1-2-4-14(13)11-16/h1-6,11,15H,7-10,12H2,(H3,19,20). The van der Waals surface area contributed by atoms with E-state index < -0.39 is 15.1 Å². The van der Waals surface area contributed by atoms with E-state index in [0.29, 0.717) is 30.8 Å². The second-order valence-electron chi connectivity index (χ2n) is 6.34. The van der Waals surface area contributed by atoms with Gasteiger partial charge in [-0.15, -0.1) is 0 Å². The number of benzene rings is 2. The number of rotatable bonds is 4. The largest absolute Gasteiger partial charge is 0.387 e. The average molecular weight is 359 g/mol. The average Bonchev–Trinajstić information content (AvgIpc) is 2.61. The molecule has 0 spiro atoms. The number of sulfone groups is 1. The third-order valence-electron chi connectivity index (χ3n) is 4.62. The Morgan fingerprint density at radius 2 is 1.76 bits per heavy atom. The number of piperidine rings is 1. The van der Waals surface area contributed by atoms with Crippen molar-refractivity contribution in [1.29, 1.82) is 5.41 Å². The summed E-state index contributed by atoms with van der Waals surface area (Å²) in [7, 11) is -3.43. The zero-order chi connectivity index (χ0) is 18.0. The first-order valence-electron chi connectivity index (χ1n) is 8.21. The Balaban J connectivity index is 1.75. The number of likely N-dealkylation sites (tertiary alicyclic amines) is 1. The molecule has 1 fully saturated rings. The third kappa shape index (κ3) is 3.66. The molecule has 1 aliphatic heterocycles. The highest BCUT2D eigenvalue weighted by atomic mass is 32.2. The Bertz CT molecular complexity index is 916. The Hall–Kier alpha value is -2.41. The normalized spacial score (nSPS) is 16.1. The quantitative estimate of drug-likeness (QED) is 0.643. The number of carbonyl (C=O) groups is 1. The van der Waals surface area contributed by atoms with Gasteiger partial charge in [-0.1, -0.05) is 30.3 Å². The van der Waals surface area contributed by atoms with Gasteiger partial charge >= 0.3 is 0 Å². The molecule has 0 atom stereocenters. The topological polar surface area (TPSA) is 104 Å². The number of hydrogen-bond acceptors (Lipinski definition) is 4. The van der Waals surface area contributed by atoms with Gasteiger partial charge in [0.1, 0.15) is 0 Å². The van der Waals surface area contributed by atoms with Gasteiger partial charge in [-0.25, -0.2) is 8.42 Å². The Morgan fingerprint density at radius 1 is 1.12 bits per heavy atom. The summed E-state index contributed by atoms with van der Waals surface area (Å²) in [5.41, 5.74) is 5.26. The van der Waals surface area contributed by atoms with Crippen molar-refractivity contribution >= 4 is 32.4 Å². The van der Waals surface area contributed by atoms with Crippen molar-refractivity contribution in [3.05, 3.63) is 42.5 Å². The molecule has 1 saturated heterocycles. The van der Waals surface area contributed by atoms with Crippen molar-refractivity contribution in [2.24, 2.45) is 5.73 Å². The minimum Gasteiger partial charge on any atom is -0.387 e. The minimum atomic E-state index is -3.43. The van der Waals surface area contributed by atoms with Crippen LogP contribution in [0, 0.1) is 5.41 Å². The second-order valence-corrected chi connectivity index (χ2v) is 8.56. The van der Waals surface area contributed by atoms with Gasteiger partial charge in [0, 0.05) is 13.1 Å². The van der Waals surface area contributed by atoms with Gasteiger partial charge in [0.15, 0.2) is 9.84 Å². The predicted molar refractivity (Wildman–Crippen MR) is 97.3 cm³/mol. The maximum atomic E-state index is 12.9. The van der Waals surface area contributed by atoms with Crippen LogP contribution in [0.4, 0.5) is 0 Å². The van der Waals surface area contributed by atoms with Gasteiger partial charge < -0.3 is 10.6 Å². The maximum Gasteiger partial charge on any atom is 0.230 e. The number of nitrogens with one attached hydrogen (secondary N) is 1. The molecule has 0 aromatic heterocycles. The summed E-state index contributed by atoms with van der Waals surface area (Å²) in [6.45, 7) is 0.757. The number of amides is 1. The van der Waals surface area contributed by atoms with Crippen LogP contribution in [0.2, 0.25) is 0 Å². The number of carbonyl (C=O) groups excluding carboxylic acids is 1. The Labute approximate surface area is 147 Å². The van der Waals surface area contributed by atoms with Crippen LogP contribution < -0.4 is 5.73 Å². The molecule has 132 valence electrons. The molecule has 7 heteroatoms. The van der Waals surface area contributed by atoms with Gasteiger partial charge in [-0.05, 0) is 35.7 Å². The van der Waals surface area contributed by atoms with Gasteiger partial charge in [0.05, 0.1) is 22.4 Å². The van der Waals surface area contributed by atoms with Crippen molar-refractivity contribution < 1.29 is 13.2 Å². The van der Waals surface area contributed by atoms with Crippen LogP contribution in [0.1, 0.15) is 19.3 Å². The summed E-state index contributed by atoms with van der Waals surface area (Å²) in [5.74, 6) is -0.384. The molecule has 0 unspecified atom stereocenters. The first-order chi connectivity index (χ1) is 11.9. The van der Waals surface area contributed by atoms with Crippen LogP contribution in [0.15, 0.2) is 47.4 Å². The predicted octanol–water partition coefficient (Wildman–Crippen LogP) is 1.93. The number of nitrogens with zero attached hydrogens (tertiary/aromatic N) is 1. The highest BCUT2D eigenvalue weighted by molar-refractivity contribution is 7.92. The smallest absolute Gasteiger partial charge is 0.230 e. The molecule has 0 bridgehead atoms. The molecule has 1 amide bonds. The zero-order valence-corrected chi connectivity index (χ0v) is 14.6. The summed E-state index contributed by atoms with van der Waals surface area (Å²) in [4.78, 5) is 13.9. The molecule has 2 aromatic carbocycles. The first-order valence-corrected chi connectivity index (χ1v) is 9.76. The lowest BCUT2D eigenvalue weighted by Crippen LogP contribution is -2.43. The fourth-order valence-electron chi connectivity index (χ4n) is 3.23. The molecule has 3 rings (SSSR count). The molecule has 1 aliphatic rings. The summed E-state index contributed by atoms with van der Waals surface area (Å²) in [6, 6.07) is 12.9. The molecule has 25 heavy (non-hydrogen) atoms. The number of amidine groups is 1. The minimum absolute atomic E-state index is 0.109. The lowest BCUT2D eigenvalue weighted by molar-refractivity contribution is -0.130. The van der Waals surface area contributed by atoms with E-state index in [4.69, 9.17) is 11.1 Å². The summed E-state index contributed by atoms with van der Waals surface area (Å²) >= 11 is 0. The van der Waals surface area contributed by atoms with Crippen LogP contribution in [0.3, 0.4) is 0 Å². The van der Waals surface area contributed by atoms with Crippen LogP contribution in [-0.2, 0) is 14.6 Å². The number of fused-ring (bicyclic) bond motifs is 1. The fraction of sp³-hybridized carbons (Fsp3) is 0.333. The van der Waals surface area contributed by atoms with E-state index in [0.717, 1.165) is 10.8 Å². The number of hydrogen-bond donors (Lipinski definition) is 2. The van der Waals surface area contributed by atoms with Gasteiger partial charge in [-0.3, -0.25) is 10.2 Å². The second kappa shape index (κ2) is 6.84. The van der Waals surface area contributed by atoms with E-state index in [1.807, 2.05) is 30.3 Å². The van der Waals surface area contributed by atoms with Crippen molar-refractivity contribution in [1.82, 2.24) is 4.90 Å². The van der Waals surface area contributed by atoms with E-state index in [9.17, 15) is 13.2 Å². The Morgan fingerprint density at radius 3 is 2.40 bits per heavy atom. The molecule has 6 nitrogen and oxygen atoms in total. The van der Waals surface area contributed by atoms with Crippen LogP contribution in [0.25, 0.3) is 10.8 Å². The highest BCUT2D eigenvalue weighted by Crippen LogP contribution is 2.27. The fourth-order valence-corrected chi connectivity index (χ4v) is 4.99. The maximum absolute atomic E-state index is 12.9. The molecule has 0 aliphatic carbocycles. The molecule has 0 saturated carbocycles. The summed E-state index contributed by atoms with van der Waals surface area (Å²) in [5, 5.41) is 8.61. The van der Waals surface area contributed by atoms with Gasteiger partial charge in [0.2, 0.25) is 5.91 Å². The summed E-state index contributed by atoms with van der Waals surface area (Å²) in [6.07, 6.45) is 0.694. The SMILES string of the molecule is N=C(N)CC(=O)N1CCC(S(=O)(=O)c2ccc3ccccc3c2)CC1. The molecule has 0 radical (unpaired) electrons. The first kappa shape index (κ1) is 17.4. The van der Waals surface area contributed by atoms with E-state index in [1.54, 1.807) is 17.0 Å². The molecular formula is C18H21N3O3S. The molecular weight excluding hydrogens is 338 g/mol. The Kier molecular flexibility index (Phi) is 4.76. The molecule has 2 aromatic rings. The zero-order valence-electron chi connectivity index (χ0n) is 13.8. The van der Waals surface area contributed by atoms with Crippen LogP contribution in [0.5, 0.6) is 0 Å². The van der Waals surface area contributed by atoms with E-state index in [2.05, 4.69) is 0 Å². The summed E-state index contributed by atoms with van der Waals surface area (Å²) < 4.78 is 25.9. The molecule has 3 N–H and O–H groups in total. The van der Waals surface area contributed by atoms with Crippen LogP contribution in [-0.4, -0.2) is 43.4 Å². The lowest BCUT2D eigenvalue weighted by atomic mass is 10.1. The van der Waals surface area contributed by atoms with Crippen molar-refractivity contribution in [3.63, 3.8) is 0 Å². The van der Waals surface area contributed by atoms with Crippen molar-refractivity contribution in [2.75, 3.05) is 13.1 Å². The third-order valence-corrected chi connectivity index (χ3v) is 6.88. The van der Waals surface area contributed by atoms with Gasteiger partial charge in [-0.2, -0.15) is 0 Å². The lowest BCUT2D eigenvalue weighted by Gasteiger charge is -2.31.